The van der Waals surface area contributed by atoms with E-state index in [1.165, 1.54) is 6.07 Å². The maximum absolute atomic E-state index is 13.1. The number of nitrogens with zero attached hydrogens (tertiary/aromatic N) is 2. The number of rotatable bonds is 4. The lowest BCUT2D eigenvalue weighted by molar-refractivity contribution is -0.142. The average molecular weight is 436 g/mol. The van der Waals surface area contributed by atoms with Gasteiger partial charge in [0.1, 0.15) is 17.1 Å². The van der Waals surface area contributed by atoms with Crippen molar-refractivity contribution in [2.75, 3.05) is 44.9 Å². The number of para-hydroxylation sites is 2. The van der Waals surface area contributed by atoms with Crippen LogP contribution in [0.3, 0.4) is 0 Å². The standard InChI is InChI=1S/C24H24N2O6/c1-29-17-6-7-18-16(12-23(27)32-21(18)13-17)14-26-15-22(24(28)25-8-10-30-11-9-25)31-20-5-3-2-4-19(20)26/h2-7,12-13,22H,8-11,14-15H2,1H3/t22-/m1/s1. The largest absolute Gasteiger partial charge is 0.497 e. The zero-order valence-corrected chi connectivity index (χ0v) is 17.8. The molecule has 8 heteroatoms. The summed E-state index contributed by atoms with van der Waals surface area (Å²) in [5.41, 5.74) is 1.74. The highest BCUT2D eigenvalue weighted by atomic mass is 16.5. The van der Waals surface area contributed by atoms with Crippen LogP contribution in [0.4, 0.5) is 5.69 Å². The van der Waals surface area contributed by atoms with Crippen LogP contribution < -0.4 is 20.0 Å². The molecule has 166 valence electrons. The molecule has 8 nitrogen and oxygen atoms in total. The maximum Gasteiger partial charge on any atom is 0.336 e. The SMILES string of the molecule is COc1ccc2c(CN3C[C@H](C(=O)N4CCOCC4)Oc4ccccc43)cc(=O)oc2c1. The summed E-state index contributed by atoms with van der Waals surface area (Å²) in [7, 11) is 1.57. The zero-order chi connectivity index (χ0) is 22.1. The summed E-state index contributed by atoms with van der Waals surface area (Å²) >= 11 is 0. The highest BCUT2D eigenvalue weighted by Gasteiger charge is 2.34. The fourth-order valence-corrected chi connectivity index (χ4v) is 4.25. The Hall–Kier alpha value is -3.52. The highest BCUT2D eigenvalue weighted by Crippen LogP contribution is 2.35. The van der Waals surface area contributed by atoms with E-state index < -0.39 is 11.7 Å². The fraction of sp³-hybridized carbons (Fsp3) is 0.333. The van der Waals surface area contributed by atoms with Crippen molar-refractivity contribution in [1.82, 2.24) is 4.90 Å². The van der Waals surface area contributed by atoms with E-state index in [-0.39, 0.29) is 5.91 Å². The van der Waals surface area contributed by atoms with Gasteiger partial charge in [-0.3, -0.25) is 4.79 Å². The Bertz CT molecular complexity index is 1200. The summed E-state index contributed by atoms with van der Waals surface area (Å²) in [5, 5.41) is 0.824. The predicted molar refractivity (Wildman–Crippen MR) is 118 cm³/mol. The van der Waals surface area contributed by atoms with E-state index in [1.807, 2.05) is 36.4 Å². The number of carbonyl (C=O) groups excluding carboxylic acids is 1. The van der Waals surface area contributed by atoms with E-state index in [2.05, 4.69) is 4.90 Å². The zero-order valence-electron chi connectivity index (χ0n) is 17.8. The molecule has 32 heavy (non-hydrogen) atoms. The third kappa shape index (κ3) is 3.89. The van der Waals surface area contributed by atoms with Crippen LogP contribution in [0, 0.1) is 0 Å². The molecule has 0 unspecified atom stereocenters. The van der Waals surface area contributed by atoms with Gasteiger partial charge in [-0.1, -0.05) is 12.1 Å². The van der Waals surface area contributed by atoms with Crippen LogP contribution in [0.2, 0.25) is 0 Å². The molecule has 2 aromatic carbocycles. The van der Waals surface area contributed by atoms with E-state index in [4.69, 9.17) is 18.6 Å². The molecule has 3 heterocycles. The summed E-state index contributed by atoms with van der Waals surface area (Å²) in [6, 6.07) is 14.6. The number of hydrogen-bond donors (Lipinski definition) is 0. The first-order chi connectivity index (χ1) is 15.6. The Morgan fingerprint density at radius 1 is 1.12 bits per heavy atom. The Morgan fingerprint density at radius 3 is 2.75 bits per heavy atom. The summed E-state index contributed by atoms with van der Waals surface area (Å²) in [6.45, 7) is 3.01. The van der Waals surface area contributed by atoms with E-state index in [0.29, 0.717) is 56.5 Å². The van der Waals surface area contributed by atoms with Crippen molar-refractivity contribution >= 4 is 22.6 Å². The average Bonchev–Trinajstić information content (AvgIpc) is 2.83. The number of anilines is 1. The number of fused-ring (bicyclic) bond motifs is 2. The summed E-state index contributed by atoms with van der Waals surface area (Å²) in [6.07, 6.45) is -0.630. The predicted octanol–water partition coefficient (Wildman–Crippen LogP) is 2.43. The highest BCUT2D eigenvalue weighted by molar-refractivity contribution is 5.84. The molecule has 2 aliphatic rings. The summed E-state index contributed by atoms with van der Waals surface area (Å²) in [4.78, 5) is 29.3. The second-order valence-electron chi connectivity index (χ2n) is 7.85. The van der Waals surface area contributed by atoms with Gasteiger partial charge in [-0.05, 0) is 29.8 Å². The van der Waals surface area contributed by atoms with Crippen molar-refractivity contribution in [2.24, 2.45) is 0 Å². The van der Waals surface area contributed by atoms with Gasteiger partial charge in [-0.25, -0.2) is 4.79 Å². The first-order valence-corrected chi connectivity index (χ1v) is 10.6. The number of benzene rings is 2. The summed E-state index contributed by atoms with van der Waals surface area (Å²) in [5.74, 6) is 1.22. The normalized spacial score (nSPS) is 18.2. The number of hydrogen-bond acceptors (Lipinski definition) is 7. The smallest absolute Gasteiger partial charge is 0.336 e. The van der Waals surface area contributed by atoms with Crippen molar-refractivity contribution in [1.29, 1.82) is 0 Å². The van der Waals surface area contributed by atoms with Gasteiger partial charge >= 0.3 is 5.63 Å². The van der Waals surface area contributed by atoms with Crippen LogP contribution >= 0.6 is 0 Å². The van der Waals surface area contributed by atoms with Gasteiger partial charge in [-0.2, -0.15) is 0 Å². The monoisotopic (exact) mass is 436 g/mol. The number of carbonyl (C=O) groups is 1. The lowest BCUT2D eigenvalue weighted by Gasteiger charge is -2.38. The third-order valence-corrected chi connectivity index (χ3v) is 5.86. The van der Waals surface area contributed by atoms with Gasteiger partial charge in [0.15, 0.2) is 6.10 Å². The number of ether oxygens (including phenoxy) is 3. The van der Waals surface area contributed by atoms with Crippen LogP contribution in [0.15, 0.2) is 57.7 Å². The van der Waals surface area contributed by atoms with Gasteiger partial charge in [0.25, 0.3) is 5.91 Å². The van der Waals surface area contributed by atoms with Crippen molar-refractivity contribution in [2.45, 2.75) is 12.6 Å². The molecule has 0 bridgehead atoms. The second kappa shape index (κ2) is 8.55. The number of morpholine rings is 1. The molecule has 1 fully saturated rings. The molecule has 2 aliphatic heterocycles. The Balaban J connectivity index is 1.48. The Kier molecular flexibility index (Phi) is 5.45. The van der Waals surface area contributed by atoms with Crippen LogP contribution in [-0.4, -0.2) is 56.9 Å². The van der Waals surface area contributed by atoms with Gasteiger partial charge in [-0.15, -0.1) is 0 Å². The van der Waals surface area contributed by atoms with Gasteiger partial charge in [0.05, 0.1) is 32.6 Å². The molecule has 0 aliphatic carbocycles. The van der Waals surface area contributed by atoms with Crippen molar-refractivity contribution < 1.29 is 23.4 Å². The van der Waals surface area contributed by atoms with Crippen molar-refractivity contribution in [3.05, 3.63) is 64.5 Å². The fourth-order valence-electron chi connectivity index (χ4n) is 4.25. The minimum absolute atomic E-state index is 0.0463. The minimum Gasteiger partial charge on any atom is -0.497 e. The van der Waals surface area contributed by atoms with Gasteiger partial charge < -0.3 is 28.4 Å². The molecule has 0 N–H and O–H groups in total. The van der Waals surface area contributed by atoms with Gasteiger partial charge in [0, 0.05) is 37.2 Å². The molecule has 1 amide bonds. The second-order valence-corrected chi connectivity index (χ2v) is 7.85. The van der Waals surface area contributed by atoms with Crippen molar-refractivity contribution in [3.8, 4) is 11.5 Å². The molecular formula is C24H24N2O6. The molecule has 1 atom stereocenters. The first-order valence-electron chi connectivity index (χ1n) is 10.6. The van der Waals surface area contributed by atoms with Crippen LogP contribution in [0.5, 0.6) is 11.5 Å². The number of methoxy groups -OCH3 is 1. The first kappa shape index (κ1) is 20.4. The topological polar surface area (TPSA) is 81.5 Å². The van der Waals surface area contributed by atoms with E-state index >= 15 is 0 Å². The molecule has 0 spiro atoms. The minimum atomic E-state index is -0.630. The van der Waals surface area contributed by atoms with E-state index in [9.17, 15) is 9.59 Å². The number of amides is 1. The maximum atomic E-state index is 13.1. The van der Waals surface area contributed by atoms with Gasteiger partial charge in [0.2, 0.25) is 0 Å². The molecule has 1 saturated heterocycles. The molecule has 1 aromatic heterocycles. The lowest BCUT2D eigenvalue weighted by atomic mass is 10.1. The third-order valence-electron chi connectivity index (χ3n) is 5.86. The quantitative estimate of drug-likeness (QED) is 0.581. The van der Waals surface area contributed by atoms with E-state index in [1.54, 1.807) is 18.1 Å². The van der Waals surface area contributed by atoms with Crippen LogP contribution in [0.25, 0.3) is 11.0 Å². The molecule has 0 radical (unpaired) electrons. The van der Waals surface area contributed by atoms with Crippen LogP contribution in [0.1, 0.15) is 5.56 Å². The molecular weight excluding hydrogens is 412 g/mol. The Labute approximate surface area is 184 Å². The molecule has 5 rings (SSSR count). The Morgan fingerprint density at radius 2 is 1.94 bits per heavy atom. The van der Waals surface area contributed by atoms with Crippen molar-refractivity contribution in [3.63, 3.8) is 0 Å². The van der Waals surface area contributed by atoms with E-state index in [0.717, 1.165) is 16.6 Å². The molecule has 0 saturated carbocycles. The van der Waals surface area contributed by atoms with Crippen LogP contribution in [-0.2, 0) is 16.1 Å². The summed E-state index contributed by atoms with van der Waals surface area (Å²) < 4.78 is 22.1. The lowest BCUT2D eigenvalue weighted by Crippen LogP contribution is -2.52. The molecule has 3 aromatic rings.